The van der Waals surface area contributed by atoms with Crippen LogP contribution in [0, 0.1) is 0 Å². The quantitative estimate of drug-likeness (QED) is 0.838. The predicted octanol–water partition coefficient (Wildman–Crippen LogP) is 3.65. The van der Waals surface area contributed by atoms with Gasteiger partial charge in [0.25, 0.3) is 5.91 Å². The van der Waals surface area contributed by atoms with Crippen molar-refractivity contribution in [3.8, 4) is 5.75 Å². The number of benzene rings is 2. The van der Waals surface area contributed by atoms with Gasteiger partial charge in [-0.25, -0.2) is 0 Å². The lowest BCUT2D eigenvalue weighted by Gasteiger charge is -2.18. The Balaban J connectivity index is 1.86. The summed E-state index contributed by atoms with van der Waals surface area (Å²) in [7, 11) is 0. The van der Waals surface area contributed by atoms with E-state index in [0.29, 0.717) is 17.3 Å². The molecule has 0 heterocycles. The van der Waals surface area contributed by atoms with E-state index in [-0.39, 0.29) is 5.91 Å². The number of carbonyl (C=O) groups is 1. The van der Waals surface area contributed by atoms with Crippen molar-refractivity contribution in [3.63, 3.8) is 0 Å². The van der Waals surface area contributed by atoms with Crippen LogP contribution in [0.15, 0.2) is 48.5 Å². The molecule has 0 aliphatic carbocycles. The van der Waals surface area contributed by atoms with Crippen LogP contribution in [-0.2, 0) is 16.9 Å². The third-order valence-corrected chi connectivity index (χ3v) is 3.87. The summed E-state index contributed by atoms with van der Waals surface area (Å²) in [5.74, 6) is 0.396. The van der Waals surface area contributed by atoms with Crippen LogP contribution in [0.3, 0.4) is 0 Å². The number of halogens is 1. The fourth-order valence-electron chi connectivity index (χ4n) is 2.13. The van der Waals surface area contributed by atoms with Crippen LogP contribution in [0.25, 0.3) is 0 Å². The maximum Gasteiger partial charge on any atom is 0.261 e. The number of amides is 1. The zero-order chi connectivity index (χ0) is 17.7. The first-order chi connectivity index (χ1) is 11.3. The summed E-state index contributed by atoms with van der Waals surface area (Å²) in [5, 5.41) is 13.4. The van der Waals surface area contributed by atoms with Crippen molar-refractivity contribution < 1.29 is 14.6 Å². The average molecular weight is 348 g/mol. The topological polar surface area (TPSA) is 58.6 Å². The van der Waals surface area contributed by atoms with Crippen molar-refractivity contribution in [2.24, 2.45) is 0 Å². The van der Waals surface area contributed by atoms with E-state index < -0.39 is 11.7 Å². The minimum absolute atomic E-state index is 0.198. The summed E-state index contributed by atoms with van der Waals surface area (Å²) in [6.45, 7) is 5.57. The molecule has 0 saturated heterocycles. The molecule has 4 nitrogen and oxygen atoms in total. The second kappa shape index (κ2) is 7.69. The number of carbonyl (C=O) groups excluding carboxylic acids is 1. The summed E-state index contributed by atoms with van der Waals surface area (Å²) in [6, 6.07) is 14.4. The first-order valence-corrected chi connectivity index (χ1v) is 8.15. The summed E-state index contributed by atoms with van der Waals surface area (Å²) in [4.78, 5) is 12.1. The third-order valence-electron chi connectivity index (χ3n) is 3.62. The van der Waals surface area contributed by atoms with E-state index in [1.54, 1.807) is 45.0 Å². The molecule has 2 N–H and O–H groups in total. The average Bonchev–Trinajstić information content (AvgIpc) is 2.54. The first-order valence-electron chi connectivity index (χ1n) is 7.77. The molecule has 0 aliphatic heterocycles. The van der Waals surface area contributed by atoms with Crippen LogP contribution in [0.2, 0.25) is 5.02 Å². The predicted molar refractivity (Wildman–Crippen MR) is 95.1 cm³/mol. The van der Waals surface area contributed by atoms with Crippen molar-refractivity contribution in [1.29, 1.82) is 0 Å². The Morgan fingerprint density at radius 2 is 1.75 bits per heavy atom. The van der Waals surface area contributed by atoms with E-state index in [2.05, 4.69) is 5.32 Å². The maximum absolute atomic E-state index is 12.1. The highest BCUT2D eigenvalue weighted by Gasteiger charge is 2.16. The van der Waals surface area contributed by atoms with Crippen LogP contribution >= 0.6 is 11.6 Å². The van der Waals surface area contributed by atoms with E-state index in [9.17, 15) is 9.90 Å². The summed E-state index contributed by atoms with van der Waals surface area (Å²) < 4.78 is 5.58. The van der Waals surface area contributed by atoms with E-state index in [1.165, 1.54) is 0 Å². The highest BCUT2D eigenvalue weighted by molar-refractivity contribution is 6.30. The van der Waals surface area contributed by atoms with E-state index in [1.807, 2.05) is 24.3 Å². The normalized spacial score (nSPS) is 12.5. The molecule has 0 fully saturated rings. The summed E-state index contributed by atoms with van der Waals surface area (Å²) in [5.41, 5.74) is 0.912. The van der Waals surface area contributed by atoms with Crippen molar-refractivity contribution in [2.45, 2.75) is 39.0 Å². The molecular weight excluding hydrogens is 326 g/mol. The lowest BCUT2D eigenvalue weighted by atomic mass is 9.97. The molecule has 5 heteroatoms. The molecule has 2 aromatic rings. The van der Waals surface area contributed by atoms with Gasteiger partial charge in [-0.1, -0.05) is 35.9 Å². The van der Waals surface area contributed by atoms with Gasteiger partial charge < -0.3 is 15.2 Å². The Kier molecular flexibility index (Phi) is 5.86. The van der Waals surface area contributed by atoms with Crippen molar-refractivity contribution in [3.05, 3.63) is 64.7 Å². The summed E-state index contributed by atoms with van der Waals surface area (Å²) in [6.07, 6.45) is -0.609. The molecule has 0 radical (unpaired) electrons. The van der Waals surface area contributed by atoms with Crippen LogP contribution in [0.1, 0.15) is 31.9 Å². The fourth-order valence-corrected chi connectivity index (χ4v) is 2.26. The van der Waals surface area contributed by atoms with Crippen LogP contribution in [0.5, 0.6) is 5.75 Å². The van der Waals surface area contributed by atoms with Crippen LogP contribution in [0.4, 0.5) is 0 Å². The van der Waals surface area contributed by atoms with Crippen molar-refractivity contribution >= 4 is 17.5 Å². The standard InChI is InChI=1S/C19H22ClNO3/c1-13(24-17-10-8-16(20)9-11-17)18(22)21-12-14-4-6-15(7-5-14)19(2,3)23/h4-11,13,23H,12H2,1-3H3,(H,21,22). The Morgan fingerprint density at radius 1 is 1.17 bits per heavy atom. The van der Waals surface area contributed by atoms with Gasteiger partial charge in [0.05, 0.1) is 5.60 Å². The highest BCUT2D eigenvalue weighted by Crippen LogP contribution is 2.20. The van der Waals surface area contributed by atoms with Gasteiger partial charge in [-0.05, 0) is 56.2 Å². The third kappa shape index (κ3) is 5.25. The Bertz CT molecular complexity index is 675. The van der Waals surface area contributed by atoms with Gasteiger partial charge in [0.15, 0.2) is 6.10 Å². The number of nitrogens with one attached hydrogen (secondary N) is 1. The summed E-state index contributed by atoms with van der Waals surface area (Å²) >= 11 is 5.82. The Morgan fingerprint density at radius 3 is 2.29 bits per heavy atom. The molecular formula is C19H22ClNO3. The second-order valence-corrected chi connectivity index (χ2v) is 6.62. The Hall–Kier alpha value is -2.04. The number of ether oxygens (including phenoxy) is 1. The molecule has 2 aromatic carbocycles. The molecule has 0 aromatic heterocycles. The number of rotatable bonds is 6. The second-order valence-electron chi connectivity index (χ2n) is 6.19. The van der Waals surface area contributed by atoms with Crippen molar-refractivity contribution in [2.75, 3.05) is 0 Å². The minimum atomic E-state index is -0.872. The zero-order valence-electron chi connectivity index (χ0n) is 14.0. The van der Waals surface area contributed by atoms with Crippen LogP contribution in [-0.4, -0.2) is 17.1 Å². The molecule has 1 atom stereocenters. The molecule has 1 unspecified atom stereocenters. The fraction of sp³-hybridized carbons (Fsp3) is 0.316. The van der Waals surface area contributed by atoms with Crippen molar-refractivity contribution in [1.82, 2.24) is 5.32 Å². The molecule has 0 bridgehead atoms. The molecule has 0 aliphatic rings. The smallest absolute Gasteiger partial charge is 0.261 e. The molecule has 2 rings (SSSR count). The monoisotopic (exact) mass is 347 g/mol. The molecule has 1 amide bonds. The van der Waals surface area contributed by atoms with E-state index >= 15 is 0 Å². The molecule has 0 saturated carbocycles. The largest absolute Gasteiger partial charge is 0.481 e. The lowest BCUT2D eigenvalue weighted by Crippen LogP contribution is -2.35. The zero-order valence-corrected chi connectivity index (χ0v) is 14.8. The van der Waals surface area contributed by atoms with Gasteiger partial charge in [-0.3, -0.25) is 4.79 Å². The van der Waals surface area contributed by atoms with Gasteiger partial charge in [0.2, 0.25) is 0 Å². The lowest BCUT2D eigenvalue weighted by molar-refractivity contribution is -0.127. The van der Waals surface area contributed by atoms with E-state index in [0.717, 1.165) is 11.1 Å². The Labute approximate surface area is 147 Å². The van der Waals surface area contributed by atoms with Crippen LogP contribution < -0.4 is 10.1 Å². The van der Waals surface area contributed by atoms with Gasteiger partial charge >= 0.3 is 0 Å². The van der Waals surface area contributed by atoms with Gasteiger partial charge in [-0.2, -0.15) is 0 Å². The minimum Gasteiger partial charge on any atom is -0.481 e. The van der Waals surface area contributed by atoms with E-state index in [4.69, 9.17) is 16.3 Å². The van der Waals surface area contributed by atoms with Gasteiger partial charge in [0, 0.05) is 11.6 Å². The molecule has 128 valence electrons. The maximum atomic E-state index is 12.1. The first kappa shape index (κ1) is 18.3. The molecule has 0 spiro atoms. The highest BCUT2D eigenvalue weighted by atomic mass is 35.5. The van der Waals surface area contributed by atoms with Gasteiger partial charge in [0.1, 0.15) is 5.75 Å². The number of hydrogen-bond acceptors (Lipinski definition) is 3. The number of aliphatic hydroxyl groups is 1. The molecule has 24 heavy (non-hydrogen) atoms. The van der Waals surface area contributed by atoms with Gasteiger partial charge in [-0.15, -0.1) is 0 Å². The number of hydrogen-bond donors (Lipinski definition) is 2. The SMILES string of the molecule is CC(Oc1ccc(Cl)cc1)C(=O)NCc1ccc(C(C)(C)O)cc1.